The number of para-hydroxylation sites is 1. The Balaban J connectivity index is 1.87. The lowest BCUT2D eigenvalue weighted by atomic mass is 10.1. The van der Waals surface area contributed by atoms with Crippen LogP contribution in [0.3, 0.4) is 0 Å². The molecule has 1 aromatic heterocycles. The highest BCUT2D eigenvalue weighted by molar-refractivity contribution is 8.00. The molecule has 0 saturated carbocycles. The molecule has 1 amide bonds. The van der Waals surface area contributed by atoms with Crippen molar-refractivity contribution in [3.05, 3.63) is 64.4 Å². The molecule has 6 nitrogen and oxygen atoms in total. The molecule has 7 heteroatoms. The molecule has 2 aromatic carbocycles. The van der Waals surface area contributed by atoms with Gasteiger partial charge in [-0.05, 0) is 49.6 Å². The molecule has 30 heavy (non-hydrogen) atoms. The topological polar surface area (TPSA) is 87.8 Å². The smallest absolute Gasteiger partial charge is 0.262 e. The summed E-state index contributed by atoms with van der Waals surface area (Å²) >= 11 is 1.26. The van der Waals surface area contributed by atoms with Crippen LogP contribution < -0.4 is 10.9 Å². The van der Waals surface area contributed by atoms with Crippen molar-refractivity contribution < 1.29 is 4.79 Å². The number of anilines is 1. The number of nitrogens with zero attached hydrogens (tertiary/aromatic N) is 3. The van der Waals surface area contributed by atoms with Gasteiger partial charge in [-0.1, -0.05) is 43.8 Å². The SMILES string of the molecule is CC(C)CCn1c(S[C@H](C)C(=O)Nc2cccc(C#N)c2)nc2ccccc2c1=O. The van der Waals surface area contributed by atoms with Gasteiger partial charge in [0.05, 0.1) is 27.8 Å². The number of aromatic nitrogens is 2. The zero-order valence-corrected chi connectivity index (χ0v) is 18.1. The van der Waals surface area contributed by atoms with E-state index >= 15 is 0 Å². The number of benzene rings is 2. The maximum absolute atomic E-state index is 13.1. The van der Waals surface area contributed by atoms with Crippen molar-refractivity contribution in [2.24, 2.45) is 5.92 Å². The van der Waals surface area contributed by atoms with E-state index in [9.17, 15) is 9.59 Å². The van der Waals surface area contributed by atoms with Crippen LogP contribution in [0.5, 0.6) is 0 Å². The quantitative estimate of drug-likeness (QED) is 0.451. The number of nitrogens with one attached hydrogen (secondary N) is 1. The average Bonchev–Trinajstić information content (AvgIpc) is 2.73. The monoisotopic (exact) mass is 420 g/mol. The lowest BCUT2D eigenvalue weighted by Crippen LogP contribution is -2.27. The van der Waals surface area contributed by atoms with Crippen molar-refractivity contribution in [2.75, 3.05) is 5.32 Å². The largest absolute Gasteiger partial charge is 0.325 e. The summed E-state index contributed by atoms with van der Waals surface area (Å²) in [4.78, 5) is 30.4. The van der Waals surface area contributed by atoms with Crippen LogP contribution in [-0.2, 0) is 11.3 Å². The normalized spacial score (nSPS) is 12.0. The third-order valence-corrected chi connectivity index (χ3v) is 5.76. The Morgan fingerprint density at radius 3 is 2.70 bits per heavy atom. The number of thioether (sulfide) groups is 1. The molecule has 154 valence electrons. The summed E-state index contributed by atoms with van der Waals surface area (Å²) < 4.78 is 1.67. The van der Waals surface area contributed by atoms with Crippen LogP contribution in [0, 0.1) is 17.2 Å². The zero-order chi connectivity index (χ0) is 21.7. The number of nitriles is 1. The third-order valence-electron chi connectivity index (χ3n) is 4.67. The van der Waals surface area contributed by atoms with Crippen LogP contribution in [0.4, 0.5) is 5.69 Å². The van der Waals surface area contributed by atoms with E-state index in [2.05, 4.69) is 30.2 Å². The van der Waals surface area contributed by atoms with Gasteiger partial charge < -0.3 is 5.32 Å². The van der Waals surface area contributed by atoms with E-state index in [1.165, 1.54) is 11.8 Å². The Morgan fingerprint density at radius 1 is 1.20 bits per heavy atom. The summed E-state index contributed by atoms with van der Waals surface area (Å²) in [6.07, 6.45) is 0.842. The van der Waals surface area contributed by atoms with E-state index in [-0.39, 0.29) is 11.5 Å². The first kappa shape index (κ1) is 21.6. The second kappa shape index (κ2) is 9.59. The van der Waals surface area contributed by atoms with Crippen molar-refractivity contribution in [3.63, 3.8) is 0 Å². The van der Waals surface area contributed by atoms with Gasteiger partial charge in [0.25, 0.3) is 5.56 Å². The molecular weight excluding hydrogens is 396 g/mol. The molecule has 0 unspecified atom stereocenters. The number of carbonyl (C=O) groups excluding carboxylic acids is 1. The molecule has 0 bridgehead atoms. The Kier molecular flexibility index (Phi) is 6.91. The van der Waals surface area contributed by atoms with Gasteiger partial charge in [0.2, 0.25) is 5.91 Å². The van der Waals surface area contributed by atoms with E-state index in [1.54, 1.807) is 41.8 Å². The Hall–Kier alpha value is -3.11. The molecule has 0 aliphatic rings. The minimum Gasteiger partial charge on any atom is -0.325 e. The van der Waals surface area contributed by atoms with Gasteiger partial charge in [0.15, 0.2) is 5.16 Å². The minimum absolute atomic E-state index is 0.0851. The second-order valence-corrected chi connectivity index (χ2v) is 8.80. The summed E-state index contributed by atoms with van der Waals surface area (Å²) in [7, 11) is 0. The highest BCUT2D eigenvalue weighted by Crippen LogP contribution is 2.24. The van der Waals surface area contributed by atoms with E-state index in [0.29, 0.717) is 39.8 Å². The van der Waals surface area contributed by atoms with Crippen LogP contribution in [0.25, 0.3) is 10.9 Å². The van der Waals surface area contributed by atoms with Gasteiger partial charge in [0, 0.05) is 12.2 Å². The number of amides is 1. The Labute approximate surface area is 179 Å². The fourth-order valence-electron chi connectivity index (χ4n) is 2.94. The van der Waals surface area contributed by atoms with E-state index in [0.717, 1.165) is 6.42 Å². The fraction of sp³-hybridized carbons (Fsp3) is 0.304. The first-order chi connectivity index (χ1) is 14.4. The molecule has 0 saturated heterocycles. The molecule has 0 aliphatic carbocycles. The molecule has 1 heterocycles. The predicted molar refractivity (Wildman–Crippen MR) is 121 cm³/mol. The van der Waals surface area contributed by atoms with Gasteiger partial charge in [-0.2, -0.15) is 5.26 Å². The third kappa shape index (κ3) is 5.08. The fourth-order valence-corrected chi connectivity index (χ4v) is 3.88. The van der Waals surface area contributed by atoms with Crippen LogP contribution in [0.1, 0.15) is 32.8 Å². The van der Waals surface area contributed by atoms with Crippen molar-refractivity contribution in [1.82, 2.24) is 9.55 Å². The molecule has 0 fully saturated rings. The molecule has 1 atom stereocenters. The van der Waals surface area contributed by atoms with Gasteiger partial charge in [-0.15, -0.1) is 0 Å². The maximum Gasteiger partial charge on any atom is 0.262 e. The average molecular weight is 421 g/mol. The first-order valence-electron chi connectivity index (χ1n) is 9.86. The molecule has 0 aliphatic heterocycles. The maximum atomic E-state index is 13.1. The van der Waals surface area contributed by atoms with Crippen LogP contribution in [0.15, 0.2) is 58.5 Å². The Bertz CT molecular complexity index is 1160. The lowest BCUT2D eigenvalue weighted by Gasteiger charge is -2.17. The van der Waals surface area contributed by atoms with Gasteiger partial charge in [-0.25, -0.2) is 4.98 Å². The Morgan fingerprint density at radius 2 is 1.97 bits per heavy atom. The van der Waals surface area contributed by atoms with Crippen molar-refractivity contribution in [1.29, 1.82) is 5.26 Å². The summed E-state index contributed by atoms with van der Waals surface area (Å²) in [5.41, 5.74) is 1.58. The first-order valence-corrected chi connectivity index (χ1v) is 10.7. The lowest BCUT2D eigenvalue weighted by molar-refractivity contribution is -0.115. The minimum atomic E-state index is -0.478. The van der Waals surface area contributed by atoms with Gasteiger partial charge in [0.1, 0.15) is 0 Å². The second-order valence-electron chi connectivity index (χ2n) is 7.49. The van der Waals surface area contributed by atoms with Gasteiger partial charge >= 0.3 is 0 Å². The van der Waals surface area contributed by atoms with Crippen molar-refractivity contribution in [3.8, 4) is 6.07 Å². The van der Waals surface area contributed by atoms with Crippen LogP contribution in [0.2, 0.25) is 0 Å². The number of hydrogen-bond donors (Lipinski definition) is 1. The predicted octanol–water partition coefficient (Wildman–Crippen LogP) is 4.43. The van der Waals surface area contributed by atoms with Crippen molar-refractivity contribution >= 4 is 34.3 Å². The van der Waals surface area contributed by atoms with Gasteiger partial charge in [-0.3, -0.25) is 14.2 Å². The molecular formula is C23H24N4O2S. The molecule has 3 rings (SSSR count). The highest BCUT2D eigenvalue weighted by atomic mass is 32.2. The molecule has 3 aromatic rings. The number of carbonyl (C=O) groups is 1. The molecule has 1 N–H and O–H groups in total. The van der Waals surface area contributed by atoms with E-state index in [4.69, 9.17) is 5.26 Å². The summed E-state index contributed by atoms with van der Waals surface area (Å²) in [5.74, 6) is 0.224. The zero-order valence-electron chi connectivity index (χ0n) is 17.3. The van der Waals surface area contributed by atoms with Crippen molar-refractivity contribution in [2.45, 2.75) is 44.1 Å². The van der Waals surface area contributed by atoms with Crippen LogP contribution in [-0.4, -0.2) is 20.7 Å². The molecule has 0 radical (unpaired) electrons. The molecule has 0 spiro atoms. The summed E-state index contributed by atoms with van der Waals surface area (Å²) in [6.45, 7) is 6.55. The van der Waals surface area contributed by atoms with E-state index < -0.39 is 5.25 Å². The number of fused-ring (bicyclic) bond motifs is 1. The summed E-state index contributed by atoms with van der Waals surface area (Å²) in [6, 6.07) is 16.1. The number of hydrogen-bond acceptors (Lipinski definition) is 5. The summed E-state index contributed by atoms with van der Waals surface area (Å²) in [5, 5.41) is 12.5. The number of rotatable bonds is 7. The standard InChI is InChI=1S/C23H24N4O2S/c1-15(2)11-12-27-22(29)19-9-4-5-10-20(19)26-23(27)30-16(3)21(28)25-18-8-6-7-17(13-18)14-24/h4-10,13,15-16H,11-12H2,1-3H3,(H,25,28)/t16-/m1/s1. The van der Waals surface area contributed by atoms with E-state index in [1.807, 2.05) is 18.2 Å². The highest BCUT2D eigenvalue weighted by Gasteiger charge is 2.20. The van der Waals surface area contributed by atoms with Crippen LogP contribution >= 0.6 is 11.8 Å².